The molecular formula is C44H29N5. The Morgan fingerprint density at radius 1 is 0.408 bits per heavy atom. The van der Waals surface area contributed by atoms with Gasteiger partial charge in [0.1, 0.15) is 5.65 Å². The highest BCUT2D eigenvalue weighted by molar-refractivity contribution is 6.15. The van der Waals surface area contributed by atoms with Crippen LogP contribution >= 0.6 is 0 Å². The highest BCUT2D eigenvalue weighted by Gasteiger charge is 2.17. The Morgan fingerprint density at radius 2 is 0.918 bits per heavy atom. The number of nitrogens with zero attached hydrogens (tertiary/aromatic N) is 5. The van der Waals surface area contributed by atoms with Crippen molar-refractivity contribution in [2.45, 2.75) is 0 Å². The van der Waals surface area contributed by atoms with E-state index in [9.17, 15) is 0 Å². The van der Waals surface area contributed by atoms with Gasteiger partial charge in [-0.2, -0.15) is 0 Å². The normalized spacial score (nSPS) is 11.4. The lowest BCUT2D eigenvalue weighted by molar-refractivity contribution is 1.07. The van der Waals surface area contributed by atoms with Gasteiger partial charge in [0.25, 0.3) is 0 Å². The van der Waals surface area contributed by atoms with Gasteiger partial charge in [-0.15, -0.1) is 0 Å². The van der Waals surface area contributed by atoms with Gasteiger partial charge < -0.3 is 0 Å². The zero-order chi connectivity index (χ0) is 32.9. The van der Waals surface area contributed by atoms with Gasteiger partial charge in [-0.25, -0.2) is 19.9 Å². The second-order valence-electron chi connectivity index (χ2n) is 12.0. The number of hydrogen-bond acceptors (Lipinski definition) is 4. The number of hydrogen-bond donors (Lipinski definition) is 0. The molecule has 3 aromatic heterocycles. The summed E-state index contributed by atoms with van der Waals surface area (Å²) >= 11 is 0. The van der Waals surface area contributed by atoms with Gasteiger partial charge in [0.15, 0.2) is 17.5 Å². The number of para-hydroxylation sites is 2. The smallest absolute Gasteiger partial charge is 0.164 e. The first-order valence-corrected chi connectivity index (χ1v) is 16.2. The molecule has 0 aliphatic rings. The molecule has 0 amide bonds. The van der Waals surface area contributed by atoms with Crippen molar-refractivity contribution in [3.05, 3.63) is 164 Å². The molecule has 0 spiro atoms. The van der Waals surface area contributed by atoms with Crippen LogP contribution in [-0.2, 0) is 0 Å². The second kappa shape index (κ2) is 11.5. The minimum atomic E-state index is 0.632. The molecule has 49 heavy (non-hydrogen) atoms. The third-order valence-corrected chi connectivity index (χ3v) is 9.17. The molecule has 0 N–H and O–H groups in total. The Kier molecular flexibility index (Phi) is 6.69. The highest BCUT2D eigenvalue weighted by atomic mass is 15.0. The molecule has 0 aliphatic carbocycles. The second-order valence-corrected chi connectivity index (χ2v) is 12.0. The summed E-state index contributed by atoms with van der Waals surface area (Å²) in [6.07, 6.45) is 3.77. The summed E-state index contributed by atoms with van der Waals surface area (Å²) in [5.41, 5.74) is 11.2. The molecule has 0 atom stereocenters. The zero-order valence-corrected chi connectivity index (χ0v) is 26.6. The number of benzene rings is 6. The van der Waals surface area contributed by atoms with Crippen LogP contribution in [0.4, 0.5) is 0 Å². The molecule has 3 heterocycles. The largest absolute Gasteiger partial charge is 0.292 e. The summed E-state index contributed by atoms with van der Waals surface area (Å²) in [4.78, 5) is 19.8. The standard InChI is InChI=1S/C44H29N5/c1-3-28-25-36-35-24-23-34(27-40(35)49-39-18-12-11-17-38(39)45-44(49)37(36)26-29(28)4-2)30-19-21-33(22-20-30)43-47-41(31-13-7-5-8-14-31)46-42(48-43)32-15-9-6-10-16-32/h3-27H,1-2H2. The van der Waals surface area contributed by atoms with E-state index in [-0.39, 0.29) is 0 Å². The van der Waals surface area contributed by atoms with Gasteiger partial charge in [0, 0.05) is 27.5 Å². The Bertz CT molecular complexity index is 2670. The Hall–Kier alpha value is -6.72. The molecule has 5 nitrogen and oxygen atoms in total. The van der Waals surface area contributed by atoms with Crippen molar-refractivity contribution in [3.8, 4) is 45.3 Å². The number of fused-ring (bicyclic) bond motifs is 8. The van der Waals surface area contributed by atoms with Gasteiger partial charge in [-0.3, -0.25) is 4.40 Å². The van der Waals surface area contributed by atoms with Crippen molar-refractivity contribution in [3.63, 3.8) is 0 Å². The third kappa shape index (κ3) is 4.79. The van der Waals surface area contributed by atoms with E-state index in [1.807, 2.05) is 78.9 Å². The van der Waals surface area contributed by atoms with Crippen LogP contribution in [0.1, 0.15) is 11.1 Å². The van der Waals surface area contributed by atoms with E-state index in [0.29, 0.717) is 17.5 Å². The molecular weight excluding hydrogens is 599 g/mol. The fraction of sp³-hybridized carbons (Fsp3) is 0. The van der Waals surface area contributed by atoms with Crippen LogP contribution in [0.15, 0.2) is 153 Å². The van der Waals surface area contributed by atoms with Crippen LogP contribution in [0.3, 0.4) is 0 Å². The minimum Gasteiger partial charge on any atom is -0.292 e. The van der Waals surface area contributed by atoms with Crippen LogP contribution in [0.5, 0.6) is 0 Å². The maximum Gasteiger partial charge on any atom is 0.164 e. The molecule has 0 radical (unpaired) electrons. The van der Waals surface area contributed by atoms with E-state index in [4.69, 9.17) is 19.9 Å². The molecule has 0 saturated carbocycles. The Labute approximate surface area is 283 Å². The van der Waals surface area contributed by atoms with Gasteiger partial charge in [0.2, 0.25) is 0 Å². The minimum absolute atomic E-state index is 0.632. The van der Waals surface area contributed by atoms with E-state index >= 15 is 0 Å². The van der Waals surface area contributed by atoms with Crippen molar-refractivity contribution in [2.24, 2.45) is 0 Å². The monoisotopic (exact) mass is 627 g/mol. The van der Waals surface area contributed by atoms with Gasteiger partial charge >= 0.3 is 0 Å². The number of rotatable bonds is 6. The van der Waals surface area contributed by atoms with E-state index in [2.05, 4.69) is 90.4 Å². The first-order chi connectivity index (χ1) is 24.2. The molecule has 0 unspecified atom stereocenters. The summed E-state index contributed by atoms with van der Waals surface area (Å²) in [5, 5.41) is 3.37. The Morgan fingerprint density at radius 3 is 1.53 bits per heavy atom. The highest BCUT2D eigenvalue weighted by Crippen LogP contribution is 2.37. The number of imidazole rings is 1. The predicted octanol–water partition coefficient (Wildman–Crippen LogP) is 10.9. The first-order valence-electron chi connectivity index (χ1n) is 16.2. The van der Waals surface area contributed by atoms with Gasteiger partial charge in [-0.1, -0.05) is 135 Å². The lowest BCUT2D eigenvalue weighted by Crippen LogP contribution is -2.00. The summed E-state index contributed by atoms with van der Waals surface area (Å²) in [6.45, 7) is 8.12. The third-order valence-electron chi connectivity index (χ3n) is 9.17. The molecule has 0 saturated heterocycles. The maximum absolute atomic E-state index is 5.11. The van der Waals surface area contributed by atoms with E-state index in [1.165, 1.54) is 0 Å². The first kappa shape index (κ1) is 28.5. The molecule has 230 valence electrons. The maximum atomic E-state index is 5.11. The van der Waals surface area contributed by atoms with Crippen molar-refractivity contribution in [1.82, 2.24) is 24.3 Å². The molecule has 9 rings (SSSR count). The summed E-state index contributed by atoms with van der Waals surface area (Å²) in [6, 6.07) is 47.9. The van der Waals surface area contributed by atoms with E-state index in [1.54, 1.807) is 0 Å². The quantitative estimate of drug-likeness (QED) is 0.172. The van der Waals surface area contributed by atoms with Gasteiger partial charge in [0.05, 0.1) is 16.6 Å². The van der Waals surface area contributed by atoms with Crippen LogP contribution in [0.25, 0.3) is 95.8 Å². The molecule has 0 bridgehead atoms. The van der Waals surface area contributed by atoms with Gasteiger partial charge in [-0.05, 0) is 58.0 Å². The topological polar surface area (TPSA) is 56.0 Å². The van der Waals surface area contributed by atoms with Crippen molar-refractivity contribution in [1.29, 1.82) is 0 Å². The molecule has 0 fully saturated rings. The predicted molar refractivity (Wildman–Crippen MR) is 203 cm³/mol. The molecule has 0 aliphatic heterocycles. The molecule has 9 aromatic rings. The number of pyridine rings is 1. The average Bonchev–Trinajstić information content (AvgIpc) is 3.58. The summed E-state index contributed by atoms with van der Waals surface area (Å²) in [7, 11) is 0. The van der Waals surface area contributed by atoms with Crippen molar-refractivity contribution in [2.75, 3.05) is 0 Å². The van der Waals surface area contributed by atoms with Crippen LogP contribution < -0.4 is 0 Å². The van der Waals surface area contributed by atoms with Crippen LogP contribution in [0, 0.1) is 0 Å². The lowest BCUT2D eigenvalue weighted by Gasteiger charge is -2.13. The SMILES string of the molecule is C=Cc1cc2c3ccc(-c4ccc(-c5nc(-c6ccccc6)nc(-c6ccccc6)n5)cc4)cc3n3c4ccccc4nc3c2cc1C=C. The van der Waals surface area contributed by atoms with Crippen molar-refractivity contribution < 1.29 is 0 Å². The van der Waals surface area contributed by atoms with Crippen LogP contribution in [0.2, 0.25) is 0 Å². The molecule has 5 heteroatoms. The average molecular weight is 628 g/mol. The van der Waals surface area contributed by atoms with Crippen molar-refractivity contribution >= 4 is 50.5 Å². The summed E-state index contributed by atoms with van der Waals surface area (Å²) in [5.74, 6) is 1.92. The number of aromatic nitrogens is 5. The fourth-order valence-electron chi connectivity index (χ4n) is 6.72. The fourth-order valence-corrected chi connectivity index (χ4v) is 6.72. The molecule has 6 aromatic carbocycles. The van der Waals surface area contributed by atoms with Crippen LogP contribution in [-0.4, -0.2) is 24.3 Å². The van der Waals surface area contributed by atoms with E-state index in [0.717, 1.165) is 77.3 Å². The zero-order valence-electron chi connectivity index (χ0n) is 26.6. The van der Waals surface area contributed by atoms with E-state index < -0.39 is 0 Å². The lowest BCUT2D eigenvalue weighted by atomic mass is 9.96. The summed E-state index contributed by atoms with van der Waals surface area (Å²) < 4.78 is 2.28. The Balaban J connectivity index is 1.20.